The molecule has 0 amide bonds. The summed E-state index contributed by atoms with van der Waals surface area (Å²) in [6, 6.07) is 18.3. The first-order valence-corrected chi connectivity index (χ1v) is 16.6. The molecule has 2 heterocycles. The van der Waals surface area contributed by atoms with E-state index in [1.54, 1.807) is 57.4 Å². The number of hydrogen-bond donors (Lipinski definition) is 3. The molecule has 0 atom stereocenters. The highest BCUT2D eigenvalue weighted by Crippen LogP contribution is 2.22. The molecule has 2 aromatic heterocycles. The fourth-order valence-corrected chi connectivity index (χ4v) is 6.19. The molecule has 0 unspecified atom stereocenters. The van der Waals surface area contributed by atoms with Gasteiger partial charge in [0.15, 0.2) is 0 Å². The lowest BCUT2D eigenvalue weighted by molar-refractivity contribution is 0.102. The zero-order chi connectivity index (χ0) is 37.7. The summed E-state index contributed by atoms with van der Waals surface area (Å²) in [6.07, 6.45) is 0. The van der Waals surface area contributed by atoms with Crippen molar-refractivity contribution in [2.45, 2.75) is 73.8 Å². The summed E-state index contributed by atoms with van der Waals surface area (Å²) in [5.74, 6) is -0.437. The van der Waals surface area contributed by atoms with Gasteiger partial charge in [0, 0.05) is 22.3 Å². The van der Waals surface area contributed by atoms with Crippen molar-refractivity contribution in [1.82, 2.24) is 19.5 Å². The van der Waals surface area contributed by atoms with Gasteiger partial charge in [-0.2, -0.15) is 0 Å². The highest BCUT2D eigenvalue weighted by Gasteiger charge is 2.25. The molecule has 0 saturated heterocycles. The first kappa shape index (κ1) is 38.0. The monoisotopic (exact) mass is 692 g/mol. The highest BCUT2D eigenvalue weighted by atomic mass is 16.5. The molecule has 0 aliphatic carbocycles. The van der Waals surface area contributed by atoms with Crippen molar-refractivity contribution >= 4 is 11.6 Å². The second-order valence-corrected chi connectivity index (χ2v) is 13.4. The molecule has 5 aromatic rings. The first-order chi connectivity index (χ1) is 24.0. The summed E-state index contributed by atoms with van der Waals surface area (Å²) >= 11 is 0. The number of carbonyl (C=O) groups is 2. The SMILES string of the molecule is COc1cccc(Cn2c(C(=O)c3cc(C)cc(C)c3)c(C(C)C)c(=O)[nH]c2=O)c1.Cc1cc(C)cc(C(=O)c2[nH]c(=O)[nH]c(=O)c2C(C)C)c1. The van der Waals surface area contributed by atoms with Gasteiger partial charge in [0.1, 0.15) is 11.4 Å². The van der Waals surface area contributed by atoms with Gasteiger partial charge in [0.05, 0.1) is 19.3 Å². The molecule has 0 fully saturated rings. The molecule has 3 N–H and O–H groups in total. The molecule has 0 aliphatic heterocycles. The minimum absolute atomic E-state index is 0.0729. The number of methoxy groups -OCH3 is 1. The normalized spacial score (nSPS) is 11.0. The maximum atomic E-state index is 13.6. The van der Waals surface area contributed by atoms with Crippen LogP contribution in [0.4, 0.5) is 0 Å². The Labute approximate surface area is 295 Å². The Bertz CT molecular complexity index is 2320. The number of hydrogen-bond acceptors (Lipinski definition) is 7. The number of aromatic amines is 3. The average molecular weight is 693 g/mol. The van der Waals surface area contributed by atoms with Crippen LogP contribution in [0.3, 0.4) is 0 Å². The van der Waals surface area contributed by atoms with Gasteiger partial charge in [0.2, 0.25) is 11.6 Å². The van der Waals surface area contributed by atoms with Crippen LogP contribution in [0.2, 0.25) is 0 Å². The van der Waals surface area contributed by atoms with Gasteiger partial charge in [-0.3, -0.25) is 33.7 Å². The molecule has 266 valence electrons. The highest BCUT2D eigenvalue weighted by molar-refractivity contribution is 6.09. The lowest BCUT2D eigenvalue weighted by Gasteiger charge is -2.18. The lowest BCUT2D eigenvalue weighted by Crippen LogP contribution is -2.38. The van der Waals surface area contributed by atoms with Crippen LogP contribution in [0.1, 0.15) is 111 Å². The number of nitrogens with one attached hydrogen (secondary N) is 3. The minimum Gasteiger partial charge on any atom is -0.497 e. The number of aryl methyl sites for hydroxylation is 4. The topological polar surface area (TPSA) is 164 Å². The summed E-state index contributed by atoms with van der Waals surface area (Å²) in [5.41, 5.74) is 4.00. The van der Waals surface area contributed by atoms with E-state index in [0.29, 0.717) is 28.0 Å². The number of carbonyl (C=O) groups excluding carboxylic acids is 2. The van der Waals surface area contributed by atoms with Gasteiger partial charge >= 0.3 is 11.4 Å². The van der Waals surface area contributed by atoms with E-state index in [2.05, 4.69) is 15.0 Å². The Morgan fingerprint density at radius 2 is 1.18 bits per heavy atom. The molecule has 5 rings (SSSR count). The number of ketones is 2. The first-order valence-electron chi connectivity index (χ1n) is 16.6. The molecule has 3 aromatic carbocycles. The van der Waals surface area contributed by atoms with Gasteiger partial charge in [-0.05, 0) is 81.5 Å². The summed E-state index contributed by atoms with van der Waals surface area (Å²) in [4.78, 5) is 82.1. The molecule has 0 aliphatic rings. The van der Waals surface area contributed by atoms with Crippen molar-refractivity contribution in [2.24, 2.45) is 0 Å². The molecule has 11 heteroatoms. The quantitative estimate of drug-likeness (QED) is 0.169. The summed E-state index contributed by atoms with van der Waals surface area (Å²) in [6.45, 7) is 15.0. The maximum Gasteiger partial charge on any atom is 0.329 e. The Kier molecular flexibility index (Phi) is 11.8. The van der Waals surface area contributed by atoms with Crippen LogP contribution < -0.4 is 27.2 Å². The van der Waals surface area contributed by atoms with E-state index in [4.69, 9.17) is 4.74 Å². The van der Waals surface area contributed by atoms with E-state index in [-0.39, 0.29) is 41.3 Å². The molecule has 0 radical (unpaired) electrons. The van der Waals surface area contributed by atoms with Crippen molar-refractivity contribution in [3.05, 3.63) is 164 Å². The molecule has 0 bridgehead atoms. The van der Waals surface area contributed by atoms with Crippen molar-refractivity contribution in [3.8, 4) is 5.75 Å². The van der Waals surface area contributed by atoms with Crippen LogP contribution in [0, 0.1) is 27.7 Å². The van der Waals surface area contributed by atoms with E-state index < -0.39 is 22.5 Å². The third kappa shape index (κ3) is 8.85. The summed E-state index contributed by atoms with van der Waals surface area (Å²) in [5, 5.41) is 0. The van der Waals surface area contributed by atoms with E-state index in [0.717, 1.165) is 27.8 Å². The number of ether oxygens (including phenoxy) is 1. The number of benzene rings is 3. The van der Waals surface area contributed by atoms with Crippen molar-refractivity contribution in [3.63, 3.8) is 0 Å². The molecule has 0 saturated carbocycles. The average Bonchev–Trinajstić information content (AvgIpc) is 3.03. The van der Waals surface area contributed by atoms with Gasteiger partial charge in [0.25, 0.3) is 11.1 Å². The smallest absolute Gasteiger partial charge is 0.329 e. The maximum absolute atomic E-state index is 13.6. The van der Waals surface area contributed by atoms with E-state index in [9.17, 15) is 28.8 Å². The van der Waals surface area contributed by atoms with Crippen LogP contribution in [0.15, 0.2) is 79.8 Å². The molecular weight excluding hydrogens is 648 g/mol. The molecule has 11 nitrogen and oxygen atoms in total. The van der Waals surface area contributed by atoms with Gasteiger partial charge < -0.3 is 9.72 Å². The molecule has 0 spiro atoms. The summed E-state index contributed by atoms with van der Waals surface area (Å²) < 4.78 is 6.62. The fourth-order valence-electron chi connectivity index (χ4n) is 6.19. The van der Waals surface area contributed by atoms with Crippen molar-refractivity contribution < 1.29 is 14.3 Å². The predicted molar refractivity (Wildman–Crippen MR) is 198 cm³/mol. The van der Waals surface area contributed by atoms with Crippen molar-refractivity contribution in [1.29, 1.82) is 0 Å². The fraction of sp³-hybridized carbons (Fsp3) is 0.300. The Morgan fingerprint density at radius 1 is 0.667 bits per heavy atom. The Hall–Kier alpha value is -5.84. The third-order valence-electron chi connectivity index (χ3n) is 8.25. The number of aromatic nitrogens is 4. The van der Waals surface area contributed by atoms with E-state index in [1.807, 2.05) is 65.8 Å². The number of nitrogens with zero attached hydrogens (tertiary/aromatic N) is 1. The number of rotatable bonds is 9. The minimum atomic E-state index is -0.669. The van der Waals surface area contributed by atoms with Gasteiger partial charge in [-0.1, -0.05) is 74.2 Å². The second-order valence-electron chi connectivity index (χ2n) is 13.4. The van der Waals surface area contributed by atoms with Crippen molar-refractivity contribution in [2.75, 3.05) is 7.11 Å². The number of H-pyrrole nitrogens is 3. The van der Waals surface area contributed by atoms with Gasteiger partial charge in [-0.25, -0.2) is 9.59 Å². The third-order valence-corrected chi connectivity index (χ3v) is 8.25. The zero-order valence-electron chi connectivity index (χ0n) is 30.4. The van der Waals surface area contributed by atoms with E-state index >= 15 is 0 Å². The van der Waals surface area contributed by atoms with Crippen LogP contribution in [-0.4, -0.2) is 38.2 Å². The van der Waals surface area contributed by atoms with Crippen LogP contribution in [-0.2, 0) is 6.54 Å². The van der Waals surface area contributed by atoms with Gasteiger partial charge in [-0.15, -0.1) is 0 Å². The van der Waals surface area contributed by atoms with E-state index in [1.165, 1.54) is 4.57 Å². The summed E-state index contributed by atoms with van der Waals surface area (Å²) in [7, 11) is 1.57. The molecule has 51 heavy (non-hydrogen) atoms. The molecular formula is C40H44N4O7. The van der Waals surface area contributed by atoms with Crippen LogP contribution >= 0.6 is 0 Å². The zero-order valence-corrected chi connectivity index (χ0v) is 30.4. The standard InChI is InChI=1S/C24H26N2O4.C16H18N2O3/c1-14(2)20-21(22(27)18-10-15(3)9-16(4)11-18)26(24(29)25-23(20)28)13-17-7-6-8-19(12-17)30-5;1-8(2)12-13(17-16(21)18-15(12)20)14(19)11-6-9(3)5-10(4)7-11/h6-12,14H,13H2,1-5H3,(H,25,28,29);5-8H,1-4H3,(H2,17,18,20,21). The predicted octanol–water partition coefficient (Wildman–Crippen LogP) is 5.60. The van der Waals surface area contributed by atoms with Crippen LogP contribution in [0.25, 0.3) is 0 Å². The largest absolute Gasteiger partial charge is 0.497 e. The lowest BCUT2D eigenvalue weighted by atomic mass is 9.95. The second kappa shape index (κ2) is 15.8. The Balaban J connectivity index is 0.000000244. The van der Waals surface area contributed by atoms with Crippen LogP contribution in [0.5, 0.6) is 5.75 Å². The Morgan fingerprint density at radius 3 is 1.69 bits per heavy atom.